The van der Waals surface area contributed by atoms with Gasteiger partial charge in [0, 0.05) is 5.69 Å². The number of anilines is 1. The summed E-state index contributed by atoms with van der Waals surface area (Å²) in [5.74, 6) is -0.0315. The molecule has 2 aromatic rings. The van der Waals surface area contributed by atoms with E-state index in [4.69, 9.17) is 14.6 Å². The van der Waals surface area contributed by atoms with Crippen LogP contribution < -0.4 is 14.8 Å². The Morgan fingerprint density at radius 3 is 2.12 bits per heavy atom. The largest absolute Gasteiger partial charge is 0.497 e. The fourth-order valence-electron chi connectivity index (χ4n) is 2.06. The highest BCUT2D eigenvalue weighted by Crippen LogP contribution is 2.19. The number of hydrogen-bond donors (Lipinski definition) is 2. The van der Waals surface area contributed by atoms with Gasteiger partial charge in [-0.2, -0.15) is 0 Å². The molecule has 6 nitrogen and oxygen atoms in total. The highest BCUT2D eigenvalue weighted by atomic mass is 16.5. The quantitative estimate of drug-likeness (QED) is 0.815. The third kappa shape index (κ3) is 4.49. The number of rotatable bonds is 7. The summed E-state index contributed by atoms with van der Waals surface area (Å²) in [5, 5.41) is 11.6. The Kier molecular flexibility index (Phi) is 5.78. The first-order valence-corrected chi connectivity index (χ1v) is 7.48. The molecule has 0 bridgehead atoms. The molecule has 0 saturated carbocycles. The predicted octanol–water partition coefficient (Wildman–Crippen LogP) is 3.19. The molecule has 0 saturated heterocycles. The molecule has 0 heterocycles. The average Bonchev–Trinajstić information content (AvgIpc) is 2.60. The molecule has 2 aromatic carbocycles. The standard InChI is InChI=1S/C18H19NO5/c1-3-16(24-15-10-8-14(23-2)9-11-15)17(20)19-13-6-4-12(5-7-13)18(21)22/h4-11,16H,3H2,1-2H3,(H,19,20)(H,21,22). The van der Waals surface area contributed by atoms with Crippen LogP contribution in [0, 0.1) is 0 Å². The van der Waals surface area contributed by atoms with Crippen molar-refractivity contribution >= 4 is 17.6 Å². The first kappa shape index (κ1) is 17.3. The van der Waals surface area contributed by atoms with Crippen LogP contribution in [0.5, 0.6) is 11.5 Å². The van der Waals surface area contributed by atoms with Gasteiger partial charge < -0.3 is 19.9 Å². The van der Waals surface area contributed by atoms with E-state index in [0.29, 0.717) is 23.6 Å². The average molecular weight is 329 g/mol. The summed E-state index contributed by atoms with van der Waals surface area (Å²) < 4.78 is 10.8. The molecule has 126 valence electrons. The van der Waals surface area contributed by atoms with Crippen LogP contribution in [0.25, 0.3) is 0 Å². The zero-order chi connectivity index (χ0) is 17.5. The minimum atomic E-state index is -1.01. The number of carbonyl (C=O) groups excluding carboxylic acids is 1. The van der Waals surface area contributed by atoms with Crippen molar-refractivity contribution in [2.75, 3.05) is 12.4 Å². The van der Waals surface area contributed by atoms with Crippen LogP contribution in [-0.4, -0.2) is 30.2 Å². The molecule has 1 unspecified atom stereocenters. The van der Waals surface area contributed by atoms with Gasteiger partial charge in [-0.1, -0.05) is 6.92 Å². The Morgan fingerprint density at radius 2 is 1.62 bits per heavy atom. The zero-order valence-electron chi connectivity index (χ0n) is 13.5. The van der Waals surface area contributed by atoms with Crippen molar-refractivity contribution in [2.24, 2.45) is 0 Å². The van der Waals surface area contributed by atoms with Gasteiger partial charge in [0.25, 0.3) is 5.91 Å². The molecular formula is C18H19NO5. The number of carboxylic acids is 1. The van der Waals surface area contributed by atoms with Crippen molar-refractivity contribution in [1.29, 1.82) is 0 Å². The van der Waals surface area contributed by atoms with E-state index in [1.165, 1.54) is 12.1 Å². The fraction of sp³-hybridized carbons (Fsp3) is 0.222. The van der Waals surface area contributed by atoms with Gasteiger partial charge >= 0.3 is 5.97 Å². The van der Waals surface area contributed by atoms with Crippen LogP contribution in [0.15, 0.2) is 48.5 Å². The second kappa shape index (κ2) is 8.01. The number of nitrogens with one attached hydrogen (secondary N) is 1. The molecule has 0 aliphatic rings. The van der Waals surface area contributed by atoms with Crippen LogP contribution >= 0.6 is 0 Å². The van der Waals surface area contributed by atoms with Crippen LogP contribution in [0.1, 0.15) is 23.7 Å². The topological polar surface area (TPSA) is 84.9 Å². The summed E-state index contributed by atoms with van der Waals surface area (Å²) in [7, 11) is 1.58. The predicted molar refractivity (Wildman–Crippen MR) is 89.7 cm³/mol. The van der Waals surface area contributed by atoms with E-state index >= 15 is 0 Å². The number of aromatic carboxylic acids is 1. The Morgan fingerprint density at radius 1 is 1.04 bits per heavy atom. The van der Waals surface area contributed by atoms with E-state index in [1.54, 1.807) is 43.5 Å². The maximum absolute atomic E-state index is 12.3. The van der Waals surface area contributed by atoms with Crippen LogP contribution in [0.4, 0.5) is 5.69 Å². The van der Waals surface area contributed by atoms with E-state index in [9.17, 15) is 9.59 Å². The van der Waals surface area contributed by atoms with Gasteiger partial charge in [-0.3, -0.25) is 4.79 Å². The number of hydrogen-bond acceptors (Lipinski definition) is 4. The number of benzene rings is 2. The van der Waals surface area contributed by atoms with Gasteiger partial charge in [0.1, 0.15) is 11.5 Å². The smallest absolute Gasteiger partial charge is 0.335 e. The van der Waals surface area contributed by atoms with E-state index in [2.05, 4.69) is 5.32 Å². The molecule has 0 aliphatic carbocycles. The molecule has 2 N–H and O–H groups in total. The molecule has 1 atom stereocenters. The number of amides is 1. The molecule has 24 heavy (non-hydrogen) atoms. The van der Waals surface area contributed by atoms with E-state index in [1.807, 2.05) is 6.92 Å². The molecular weight excluding hydrogens is 310 g/mol. The van der Waals surface area contributed by atoms with Crippen molar-refractivity contribution in [1.82, 2.24) is 0 Å². The minimum Gasteiger partial charge on any atom is -0.497 e. The second-order valence-corrected chi connectivity index (χ2v) is 5.06. The van der Waals surface area contributed by atoms with Crippen molar-refractivity contribution in [3.05, 3.63) is 54.1 Å². The third-order valence-electron chi connectivity index (χ3n) is 3.40. The van der Waals surface area contributed by atoms with Gasteiger partial charge in [0.15, 0.2) is 6.10 Å². The van der Waals surface area contributed by atoms with E-state index < -0.39 is 12.1 Å². The van der Waals surface area contributed by atoms with Gasteiger partial charge in [-0.25, -0.2) is 4.79 Å². The molecule has 0 radical (unpaired) electrons. The molecule has 6 heteroatoms. The van der Waals surface area contributed by atoms with Gasteiger partial charge in [-0.15, -0.1) is 0 Å². The molecule has 0 spiro atoms. The molecule has 1 amide bonds. The monoisotopic (exact) mass is 329 g/mol. The lowest BCUT2D eigenvalue weighted by atomic mass is 10.2. The highest BCUT2D eigenvalue weighted by molar-refractivity contribution is 5.95. The number of carbonyl (C=O) groups is 2. The number of methoxy groups -OCH3 is 1. The first-order chi connectivity index (χ1) is 11.5. The van der Waals surface area contributed by atoms with Crippen LogP contribution in [-0.2, 0) is 4.79 Å². The Bertz CT molecular complexity index is 694. The molecule has 0 fully saturated rings. The summed E-state index contributed by atoms with van der Waals surface area (Å²) in [6.07, 6.45) is -0.164. The summed E-state index contributed by atoms with van der Waals surface area (Å²) in [6.45, 7) is 1.85. The van der Waals surface area contributed by atoms with Crippen LogP contribution in [0.3, 0.4) is 0 Å². The maximum atomic E-state index is 12.3. The van der Waals surface area contributed by atoms with Crippen molar-refractivity contribution in [3.63, 3.8) is 0 Å². The summed E-state index contributed by atoms with van der Waals surface area (Å²) in [4.78, 5) is 23.1. The van der Waals surface area contributed by atoms with E-state index in [-0.39, 0.29) is 11.5 Å². The fourth-order valence-corrected chi connectivity index (χ4v) is 2.06. The normalized spacial score (nSPS) is 11.4. The van der Waals surface area contributed by atoms with Gasteiger partial charge in [-0.05, 0) is 55.0 Å². The summed E-state index contributed by atoms with van der Waals surface area (Å²) >= 11 is 0. The number of carboxylic acid groups (broad SMARTS) is 1. The lowest BCUT2D eigenvalue weighted by Gasteiger charge is -2.17. The highest BCUT2D eigenvalue weighted by Gasteiger charge is 2.18. The molecule has 0 aromatic heterocycles. The third-order valence-corrected chi connectivity index (χ3v) is 3.40. The minimum absolute atomic E-state index is 0.162. The van der Waals surface area contributed by atoms with Crippen molar-refractivity contribution in [2.45, 2.75) is 19.4 Å². The van der Waals surface area contributed by atoms with Crippen molar-refractivity contribution in [3.8, 4) is 11.5 Å². The second-order valence-electron chi connectivity index (χ2n) is 5.06. The molecule has 2 rings (SSSR count). The Labute approximate surface area is 140 Å². The van der Waals surface area contributed by atoms with Gasteiger partial charge in [0.05, 0.1) is 12.7 Å². The summed E-state index contributed by atoms with van der Waals surface area (Å²) in [6, 6.07) is 12.9. The summed E-state index contributed by atoms with van der Waals surface area (Å²) in [5.41, 5.74) is 0.677. The lowest BCUT2D eigenvalue weighted by Crippen LogP contribution is -2.32. The maximum Gasteiger partial charge on any atom is 0.335 e. The van der Waals surface area contributed by atoms with Crippen LogP contribution in [0.2, 0.25) is 0 Å². The van der Waals surface area contributed by atoms with Crippen molar-refractivity contribution < 1.29 is 24.2 Å². The Balaban J connectivity index is 2.00. The first-order valence-electron chi connectivity index (χ1n) is 7.48. The molecule has 0 aliphatic heterocycles. The SMILES string of the molecule is CCC(Oc1ccc(OC)cc1)C(=O)Nc1ccc(C(=O)O)cc1. The zero-order valence-corrected chi connectivity index (χ0v) is 13.5. The van der Waals surface area contributed by atoms with E-state index in [0.717, 1.165) is 0 Å². The number of ether oxygens (including phenoxy) is 2. The lowest BCUT2D eigenvalue weighted by molar-refractivity contribution is -0.122. The Hall–Kier alpha value is -3.02. The van der Waals surface area contributed by atoms with Gasteiger partial charge in [0.2, 0.25) is 0 Å².